The molecule has 0 aliphatic carbocycles. The number of nitrogens with zero attached hydrogens (tertiary/aromatic N) is 3. The first-order valence-corrected chi connectivity index (χ1v) is 8.28. The van der Waals surface area contributed by atoms with Crippen molar-refractivity contribution in [1.82, 2.24) is 10.2 Å². The van der Waals surface area contributed by atoms with Gasteiger partial charge in [0.1, 0.15) is 12.3 Å². The summed E-state index contributed by atoms with van der Waals surface area (Å²) in [6.45, 7) is -0.904. The van der Waals surface area contributed by atoms with E-state index < -0.39 is 17.6 Å². The summed E-state index contributed by atoms with van der Waals surface area (Å²) in [6, 6.07) is 5.79. The van der Waals surface area contributed by atoms with Crippen LogP contribution in [0, 0.1) is 10.1 Å². The largest absolute Gasteiger partial charge is 0.492 e. The van der Waals surface area contributed by atoms with Gasteiger partial charge in [0, 0.05) is 11.8 Å². The molecule has 2 rings (SSSR count). The maximum absolute atomic E-state index is 12.1. The molecule has 1 heterocycles. The van der Waals surface area contributed by atoms with E-state index in [1.165, 1.54) is 30.0 Å². The van der Waals surface area contributed by atoms with Crippen LogP contribution in [0.3, 0.4) is 0 Å². The molecule has 1 aromatic carbocycles. The van der Waals surface area contributed by atoms with E-state index in [1.807, 2.05) is 0 Å². The van der Waals surface area contributed by atoms with Crippen molar-refractivity contribution in [3.8, 4) is 5.75 Å². The number of nitro benzene ring substituents is 1. The highest BCUT2D eigenvalue weighted by atomic mass is 32.2. The van der Waals surface area contributed by atoms with E-state index in [0.29, 0.717) is 15.8 Å². The quantitative estimate of drug-likeness (QED) is 0.324. The minimum absolute atomic E-state index is 0.0651. The van der Waals surface area contributed by atoms with Crippen molar-refractivity contribution >= 4 is 33.9 Å². The number of ether oxygens (including phenoxy) is 1. The molecule has 130 valence electrons. The minimum atomic E-state index is -4.31. The standard InChI is InChI=1S/C12H11F3N4O3S2/c13-12(14,15)7-16-10-17-18-11(24-10)23-5-4-22-9-3-1-2-8(6-9)19(20)21/h1-3,6H,4-5,7H2,(H,16,17). The van der Waals surface area contributed by atoms with Crippen molar-refractivity contribution in [3.63, 3.8) is 0 Å². The van der Waals surface area contributed by atoms with Gasteiger partial charge in [0.25, 0.3) is 5.69 Å². The van der Waals surface area contributed by atoms with Crippen LogP contribution in [0.4, 0.5) is 24.0 Å². The third-order valence-electron chi connectivity index (χ3n) is 2.45. The Morgan fingerprint density at radius 2 is 2.17 bits per heavy atom. The molecule has 0 aliphatic rings. The van der Waals surface area contributed by atoms with Crippen molar-refractivity contribution in [1.29, 1.82) is 0 Å². The maximum atomic E-state index is 12.1. The SMILES string of the molecule is O=[N+]([O-])c1cccc(OCCSc2nnc(NCC(F)(F)F)s2)c1. The van der Waals surface area contributed by atoms with Crippen molar-refractivity contribution in [3.05, 3.63) is 34.4 Å². The summed E-state index contributed by atoms with van der Waals surface area (Å²) in [5.41, 5.74) is -0.0651. The lowest BCUT2D eigenvalue weighted by Gasteiger charge is -2.05. The fourth-order valence-corrected chi connectivity index (χ4v) is 3.13. The van der Waals surface area contributed by atoms with E-state index >= 15 is 0 Å². The number of alkyl halides is 3. The van der Waals surface area contributed by atoms with Gasteiger partial charge in [-0.05, 0) is 6.07 Å². The Morgan fingerprint density at radius 3 is 2.88 bits per heavy atom. The van der Waals surface area contributed by atoms with Crippen molar-refractivity contribution in [2.75, 3.05) is 24.2 Å². The Labute approximate surface area is 142 Å². The fraction of sp³-hybridized carbons (Fsp3) is 0.333. The lowest BCUT2D eigenvalue weighted by molar-refractivity contribution is -0.384. The molecule has 0 aliphatic heterocycles. The first-order valence-electron chi connectivity index (χ1n) is 6.48. The summed E-state index contributed by atoms with van der Waals surface area (Å²) < 4.78 is 42.1. The number of nitrogens with one attached hydrogen (secondary N) is 1. The summed E-state index contributed by atoms with van der Waals surface area (Å²) in [6.07, 6.45) is -4.31. The number of non-ortho nitro benzene ring substituents is 1. The molecule has 0 unspecified atom stereocenters. The molecule has 12 heteroatoms. The van der Waals surface area contributed by atoms with Gasteiger partial charge in [0.05, 0.1) is 17.6 Å². The van der Waals surface area contributed by atoms with Crippen LogP contribution in [-0.2, 0) is 0 Å². The summed E-state index contributed by atoms with van der Waals surface area (Å²) >= 11 is 2.28. The van der Waals surface area contributed by atoms with Gasteiger partial charge in [-0.2, -0.15) is 13.2 Å². The summed E-state index contributed by atoms with van der Waals surface area (Å²) in [4.78, 5) is 10.1. The average molecular weight is 380 g/mol. The Hall–Kier alpha value is -2.08. The van der Waals surface area contributed by atoms with Crippen molar-refractivity contribution < 1.29 is 22.8 Å². The number of anilines is 1. The fourth-order valence-electron chi connectivity index (χ4n) is 1.49. The normalized spacial score (nSPS) is 11.3. The lowest BCUT2D eigenvalue weighted by atomic mass is 10.3. The molecule has 0 saturated carbocycles. The van der Waals surface area contributed by atoms with Crippen LogP contribution in [-0.4, -0.2) is 40.2 Å². The van der Waals surface area contributed by atoms with Crippen LogP contribution in [0.2, 0.25) is 0 Å². The average Bonchev–Trinajstić information content (AvgIpc) is 2.97. The Balaban J connectivity index is 1.74. The maximum Gasteiger partial charge on any atom is 0.405 e. The van der Waals surface area contributed by atoms with Gasteiger partial charge in [-0.3, -0.25) is 10.1 Å². The molecule has 2 aromatic rings. The van der Waals surface area contributed by atoms with Gasteiger partial charge < -0.3 is 10.1 Å². The smallest absolute Gasteiger partial charge is 0.405 e. The number of hydrogen-bond acceptors (Lipinski definition) is 8. The molecular weight excluding hydrogens is 369 g/mol. The predicted molar refractivity (Wildman–Crippen MR) is 83.8 cm³/mol. The Bertz CT molecular complexity index is 696. The topological polar surface area (TPSA) is 90.2 Å². The second-order valence-electron chi connectivity index (χ2n) is 4.29. The van der Waals surface area contributed by atoms with Gasteiger partial charge in [0.15, 0.2) is 4.34 Å². The second kappa shape index (κ2) is 8.15. The van der Waals surface area contributed by atoms with E-state index in [4.69, 9.17) is 4.74 Å². The molecule has 1 aromatic heterocycles. The van der Waals surface area contributed by atoms with E-state index in [0.717, 1.165) is 11.3 Å². The van der Waals surface area contributed by atoms with Crippen LogP contribution in [0.5, 0.6) is 5.75 Å². The van der Waals surface area contributed by atoms with E-state index in [2.05, 4.69) is 15.5 Å². The zero-order valence-electron chi connectivity index (χ0n) is 11.9. The van der Waals surface area contributed by atoms with Crippen molar-refractivity contribution in [2.45, 2.75) is 10.5 Å². The van der Waals surface area contributed by atoms with E-state index in [1.54, 1.807) is 6.07 Å². The molecule has 0 fully saturated rings. The number of thioether (sulfide) groups is 1. The third kappa shape index (κ3) is 6.20. The highest BCUT2D eigenvalue weighted by Crippen LogP contribution is 2.27. The molecular formula is C12H11F3N4O3S2. The number of benzene rings is 1. The molecule has 0 spiro atoms. The van der Waals surface area contributed by atoms with Gasteiger partial charge >= 0.3 is 6.18 Å². The first-order chi connectivity index (χ1) is 11.3. The van der Waals surface area contributed by atoms with Crippen LogP contribution in [0.25, 0.3) is 0 Å². The summed E-state index contributed by atoms with van der Waals surface area (Å²) in [5.74, 6) is 0.839. The highest BCUT2D eigenvalue weighted by Gasteiger charge is 2.27. The first kappa shape index (κ1) is 18.3. The Kier molecular flexibility index (Phi) is 6.20. The molecule has 1 N–H and O–H groups in total. The molecule has 0 saturated heterocycles. The van der Waals surface area contributed by atoms with Crippen LogP contribution >= 0.6 is 23.1 Å². The number of halogens is 3. The molecule has 24 heavy (non-hydrogen) atoms. The monoisotopic (exact) mass is 380 g/mol. The zero-order valence-corrected chi connectivity index (χ0v) is 13.6. The van der Waals surface area contributed by atoms with Gasteiger partial charge in [0.2, 0.25) is 5.13 Å². The predicted octanol–water partition coefficient (Wildman–Crippen LogP) is 3.59. The molecule has 0 atom stereocenters. The van der Waals surface area contributed by atoms with Crippen molar-refractivity contribution in [2.24, 2.45) is 0 Å². The molecule has 0 amide bonds. The summed E-state index contributed by atoms with van der Waals surface area (Å²) in [7, 11) is 0. The van der Waals surface area contributed by atoms with Crippen LogP contribution in [0.1, 0.15) is 0 Å². The summed E-state index contributed by atoms with van der Waals surface area (Å²) in [5, 5.41) is 20.2. The highest BCUT2D eigenvalue weighted by molar-refractivity contribution is 8.01. The van der Waals surface area contributed by atoms with E-state index in [9.17, 15) is 23.3 Å². The second-order valence-corrected chi connectivity index (χ2v) is 6.61. The molecule has 0 bridgehead atoms. The lowest BCUT2D eigenvalue weighted by Crippen LogP contribution is -2.21. The number of hydrogen-bond donors (Lipinski definition) is 1. The zero-order chi connectivity index (χ0) is 17.6. The number of aromatic nitrogens is 2. The van der Waals surface area contributed by atoms with E-state index in [-0.39, 0.29) is 17.4 Å². The van der Waals surface area contributed by atoms with Gasteiger partial charge in [-0.1, -0.05) is 29.2 Å². The van der Waals surface area contributed by atoms with Gasteiger partial charge in [-0.25, -0.2) is 0 Å². The van der Waals surface area contributed by atoms with Gasteiger partial charge in [-0.15, -0.1) is 10.2 Å². The molecule has 7 nitrogen and oxygen atoms in total. The number of rotatable bonds is 8. The molecule has 0 radical (unpaired) electrons. The van der Waals surface area contributed by atoms with Crippen LogP contribution in [0.15, 0.2) is 28.6 Å². The Morgan fingerprint density at radius 1 is 1.38 bits per heavy atom. The number of nitro groups is 1. The third-order valence-corrected chi connectivity index (χ3v) is 4.43. The minimum Gasteiger partial charge on any atom is -0.492 e. The van der Waals surface area contributed by atoms with Crippen LogP contribution < -0.4 is 10.1 Å².